The maximum Gasteiger partial charge on any atom is 0.360 e. The average Bonchev–Trinajstić information content (AvgIpc) is 3.34. The number of nitrogens with zero attached hydrogens (tertiary/aromatic N) is 4. The van der Waals surface area contributed by atoms with Crippen LogP contribution >= 0.6 is 11.8 Å². The molecular formula is C24H33N7O4S. The molecule has 12 heteroatoms. The van der Waals surface area contributed by atoms with Gasteiger partial charge in [-0.05, 0) is 37.1 Å². The third-order valence-corrected chi connectivity index (χ3v) is 6.55. The van der Waals surface area contributed by atoms with Crippen LogP contribution < -0.4 is 16.8 Å². The van der Waals surface area contributed by atoms with Gasteiger partial charge >= 0.3 is 5.97 Å². The number of methoxy groups -OCH3 is 1. The largest absolute Gasteiger partial charge is 0.464 e. The lowest BCUT2D eigenvalue weighted by molar-refractivity contribution is 0.0583. The lowest BCUT2D eigenvalue weighted by Crippen LogP contribution is -2.20. The summed E-state index contributed by atoms with van der Waals surface area (Å²) in [5, 5.41) is 7.13. The number of nitrogens with one attached hydrogen (secondary N) is 1. The number of aliphatic imine (C=N–C) groups is 1. The van der Waals surface area contributed by atoms with E-state index < -0.39 is 11.9 Å². The highest BCUT2D eigenvalue weighted by molar-refractivity contribution is 7.99. The Balaban J connectivity index is 1.70. The van der Waals surface area contributed by atoms with Crippen LogP contribution in [0.1, 0.15) is 52.0 Å². The molecule has 3 rings (SSSR count). The zero-order valence-corrected chi connectivity index (χ0v) is 21.2. The van der Waals surface area contributed by atoms with E-state index in [1.165, 1.54) is 13.3 Å². The maximum absolute atomic E-state index is 13.0. The SMILES string of the molecule is COC(=O)c1nn(C2CCOCC2)cc1NC(=O)c1cccc(C(C=NCCCSCCN)=CN)n1. The van der Waals surface area contributed by atoms with Gasteiger partial charge in [0.15, 0.2) is 5.69 Å². The van der Waals surface area contributed by atoms with Crippen molar-refractivity contribution in [1.29, 1.82) is 0 Å². The number of rotatable bonds is 12. The molecule has 0 unspecified atom stereocenters. The second-order valence-electron chi connectivity index (χ2n) is 7.98. The van der Waals surface area contributed by atoms with Crippen LogP contribution in [0, 0.1) is 0 Å². The molecular weight excluding hydrogens is 482 g/mol. The van der Waals surface area contributed by atoms with Crippen LogP contribution in [0.15, 0.2) is 35.6 Å². The first kappa shape index (κ1) is 27.4. The predicted molar refractivity (Wildman–Crippen MR) is 141 cm³/mol. The van der Waals surface area contributed by atoms with Crippen molar-refractivity contribution in [3.8, 4) is 0 Å². The van der Waals surface area contributed by atoms with Crippen molar-refractivity contribution in [3.63, 3.8) is 0 Å². The Labute approximate surface area is 214 Å². The van der Waals surface area contributed by atoms with Crippen molar-refractivity contribution < 1.29 is 19.1 Å². The molecule has 0 aromatic carbocycles. The summed E-state index contributed by atoms with van der Waals surface area (Å²) in [5.41, 5.74) is 12.8. The Morgan fingerprint density at radius 3 is 2.81 bits per heavy atom. The fraction of sp³-hybridized carbons (Fsp3) is 0.458. The number of anilines is 1. The van der Waals surface area contributed by atoms with Crippen molar-refractivity contribution in [3.05, 3.63) is 47.7 Å². The van der Waals surface area contributed by atoms with Crippen molar-refractivity contribution in [2.75, 3.05) is 50.2 Å². The van der Waals surface area contributed by atoms with E-state index in [1.54, 1.807) is 47.1 Å². The van der Waals surface area contributed by atoms with Gasteiger partial charge in [-0.1, -0.05) is 6.07 Å². The minimum atomic E-state index is -0.635. The summed E-state index contributed by atoms with van der Waals surface area (Å²) >= 11 is 1.80. The first-order valence-electron chi connectivity index (χ1n) is 11.8. The second kappa shape index (κ2) is 14.4. The third kappa shape index (κ3) is 7.64. The van der Waals surface area contributed by atoms with E-state index in [9.17, 15) is 9.59 Å². The summed E-state index contributed by atoms with van der Waals surface area (Å²) in [5.74, 6) is 0.805. The van der Waals surface area contributed by atoms with Crippen LogP contribution in [0.25, 0.3) is 5.57 Å². The molecule has 2 aromatic rings. The Bertz CT molecular complexity index is 1080. The van der Waals surface area contributed by atoms with Crippen molar-refractivity contribution in [2.45, 2.75) is 25.3 Å². The molecule has 194 valence electrons. The molecule has 0 atom stereocenters. The number of amides is 1. The molecule has 1 saturated heterocycles. The first-order chi connectivity index (χ1) is 17.6. The number of hydrogen-bond acceptors (Lipinski definition) is 10. The van der Waals surface area contributed by atoms with E-state index in [0.29, 0.717) is 37.6 Å². The molecule has 0 bridgehead atoms. The first-order valence-corrected chi connectivity index (χ1v) is 13.0. The predicted octanol–water partition coefficient (Wildman–Crippen LogP) is 2.12. The van der Waals surface area contributed by atoms with Gasteiger partial charge in [-0.3, -0.25) is 14.5 Å². The normalized spacial score (nSPS) is 14.8. The van der Waals surface area contributed by atoms with E-state index in [1.807, 2.05) is 0 Å². The highest BCUT2D eigenvalue weighted by Crippen LogP contribution is 2.25. The number of esters is 1. The van der Waals surface area contributed by atoms with Crippen LogP contribution in [0.3, 0.4) is 0 Å². The molecule has 1 fully saturated rings. The van der Waals surface area contributed by atoms with E-state index in [4.69, 9.17) is 20.9 Å². The molecule has 0 saturated carbocycles. The van der Waals surface area contributed by atoms with Gasteiger partial charge in [0.25, 0.3) is 5.91 Å². The number of carbonyl (C=O) groups is 2. The Kier molecular flexibility index (Phi) is 10.9. The third-order valence-electron chi connectivity index (χ3n) is 5.45. The second-order valence-corrected chi connectivity index (χ2v) is 9.21. The lowest BCUT2D eigenvalue weighted by atomic mass is 10.1. The van der Waals surface area contributed by atoms with Gasteiger partial charge in [-0.15, -0.1) is 0 Å². The topological polar surface area (TPSA) is 160 Å². The Morgan fingerprint density at radius 2 is 2.08 bits per heavy atom. The molecule has 2 aromatic heterocycles. The maximum atomic E-state index is 13.0. The molecule has 36 heavy (non-hydrogen) atoms. The summed E-state index contributed by atoms with van der Waals surface area (Å²) in [6.07, 6.45) is 7.17. The van der Waals surface area contributed by atoms with E-state index in [-0.39, 0.29) is 23.1 Å². The Hall–Kier alpha value is -3.22. The minimum Gasteiger partial charge on any atom is -0.464 e. The fourth-order valence-corrected chi connectivity index (χ4v) is 4.28. The number of ether oxygens (including phenoxy) is 2. The van der Waals surface area contributed by atoms with Crippen molar-refractivity contribution in [2.24, 2.45) is 16.5 Å². The number of allylic oxidation sites excluding steroid dienone is 1. The summed E-state index contributed by atoms with van der Waals surface area (Å²) in [4.78, 5) is 34.2. The monoisotopic (exact) mass is 515 g/mol. The highest BCUT2D eigenvalue weighted by atomic mass is 32.2. The number of carbonyl (C=O) groups excluding carboxylic acids is 2. The molecule has 1 aliphatic rings. The van der Waals surface area contributed by atoms with Gasteiger partial charge in [0.2, 0.25) is 0 Å². The summed E-state index contributed by atoms with van der Waals surface area (Å²) in [6, 6.07) is 5.12. The molecule has 0 radical (unpaired) electrons. The molecule has 0 spiro atoms. The number of thioether (sulfide) groups is 1. The average molecular weight is 516 g/mol. The van der Waals surface area contributed by atoms with Gasteiger partial charge in [0.05, 0.1) is 24.5 Å². The van der Waals surface area contributed by atoms with Crippen LogP contribution in [0.4, 0.5) is 5.69 Å². The summed E-state index contributed by atoms with van der Waals surface area (Å²) in [7, 11) is 1.27. The van der Waals surface area contributed by atoms with Gasteiger partial charge in [-0.2, -0.15) is 16.9 Å². The minimum absolute atomic E-state index is 0.0350. The quantitative estimate of drug-likeness (QED) is 0.218. The van der Waals surface area contributed by atoms with Gasteiger partial charge in [0, 0.05) is 56.2 Å². The zero-order chi connectivity index (χ0) is 25.8. The Morgan fingerprint density at radius 1 is 1.31 bits per heavy atom. The number of aromatic nitrogens is 3. The number of hydrogen-bond donors (Lipinski definition) is 3. The van der Waals surface area contributed by atoms with E-state index in [0.717, 1.165) is 30.8 Å². The van der Waals surface area contributed by atoms with Gasteiger partial charge < -0.3 is 26.3 Å². The van der Waals surface area contributed by atoms with E-state index >= 15 is 0 Å². The van der Waals surface area contributed by atoms with Crippen LogP contribution in [-0.4, -0.2) is 77.8 Å². The van der Waals surface area contributed by atoms with Gasteiger partial charge in [-0.25, -0.2) is 9.78 Å². The van der Waals surface area contributed by atoms with Crippen molar-refractivity contribution in [1.82, 2.24) is 14.8 Å². The fourth-order valence-electron chi connectivity index (χ4n) is 3.58. The lowest BCUT2D eigenvalue weighted by Gasteiger charge is -2.22. The molecule has 0 aliphatic carbocycles. The van der Waals surface area contributed by atoms with E-state index in [2.05, 4.69) is 20.4 Å². The van der Waals surface area contributed by atoms with Crippen LogP contribution in [-0.2, 0) is 9.47 Å². The van der Waals surface area contributed by atoms with Crippen molar-refractivity contribution >= 4 is 41.1 Å². The molecule has 11 nitrogen and oxygen atoms in total. The standard InChI is InChI=1S/C24H33N7O4S/c1-34-24(33)22-21(16-31(30-22)18-6-10-35-11-7-18)29-23(32)20-5-2-4-19(28-20)17(14-26)15-27-9-3-12-36-13-8-25/h2,4-5,14-16,18H,3,6-13,25-26H2,1H3,(H,29,32). The highest BCUT2D eigenvalue weighted by Gasteiger charge is 2.24. The number of nitrogens with two attached hydrogens (primary N) is 2. The summed E-state index contributed by atoms with van der Waals surface area (Å²) in [6.45, 7) is 2.56. The molecule has 3 heterocycles. The van der Waals surface area contributed by atoms with Crippen LogP contribution in [0.2, 0.25) is 0 Å². The molecule has 1 aliphatic heterocycles. The zero-order valence-electron chi connectivity index (χ0n) is 20.4. The molecule has 1 amide bonds. The smallest absolute Gasteiger partial charge is 0.360 e. The summed E-state index contributed by atoms with van der Waals surface area (Å²) < 4.78 is 11.9. The molecule has 5 N–H and O–H groups in total. The van der Waals surface area contributed by atoms with Crippen LogP contribution in [0.5, 0.6) is 0 Å². The number of pyridine rings is 1. The van der Waals surface area contributed by atoms with Gasteiger partial charge in [0.1, 0.15) is 5.69 Å².